The van der Waals surface area contributed by atoms with E-state index in [0.29, 0.717) is 38.4 Å². The zero-order valence-electron chi connectivity index (χ0n) is 12.0. The number of nitrogens with zero attached hydrogens (tertiary/aromatic N) is 3. The van der Waals surface area contributed by atoms with Crippen molar-refractivity contribution in [2.45, 2.75) is 10.9 Å². The lowest BCUT2D eigenvalue weighted by Crippen LogP contribution is -2.07. The number of thiophene rings is 1. The second-order valence-electron chi connectivity index (χ2n) is 4.81. The summed E-state index contributed by atoms with van der Waals surface area (Å²) in [4.78, 5) is 23.3. The van der Waals surface area contributed by atoms with Crippen LogP contribution in [0.15, 0.2) is 50.2 Å². The number of nitrogens with one attached hydrogen (secondary N) is 1. The van der Waals surface area contributed by atoms with E-state index >= 15 is 0 Å². The summed E-state index contributed by atoms with van der Waals surface area (Å²) < 4.78 is 18.7. The number of fused-ring (bicyclic) bond motifs is 1. The Bertz CT molecular complexity index is 1060. The van der Waals surface area contributed by atoms with E-state index < -0.39 is 0 Å². The SMILES string of the molecule is O=c1[nH]c(SCc2nc(-c3ccc(F)cc3)no2)nc2ccsc12. The fourth-order valence-electron chi connectivity index (χ4n) is 2.08. The lowest BCUT2D eigenvalue weighted by Gasteiger charge is -1.97. The summed E-state index contributed by atoms with van der Waals surface area (Å²) in [7, 11) is 0. The van der Waals surface area contributed by atoms with Crippen LogP contribution in [0.3, 0.4) is 0 Å². The third kappa shape index (κ3) is 2.95. The van der Waals surface area contributed by atoms with Crippen molar-refractivity contribution in [3.8, 4) is 11.4 Å². The number of aromatic amines is 1. The Hall–Kier alpha value is -2.52. The summed E-state index contributed by atoms with van der Waals surface area (Å²) >= 11 is 2.65. The maximum atomic E-state index is 12.9. The lowest BCUT2D eigenvalue weighted by molar-refractivity contribution is 0.391. The molecule has 3 heterocycles. The van der Waals surface area contributed by atoms with E-state index in [1.165, 1.54) is 35.2 Å². The molecule has 0 aliphatic carbocycles. The van der Waals surface area contributed by atoms with E-state index in [9.17, 15) is 9.18 Å². The summed E-state index contributed by atoms with van der Waals surface area (Å²) in [6, 6.07) is 7.65. The molecule has 0 unspecified atom stereocenters. The molecule has 9 heteroatoms. The molecule has 24 heavy (non-hydrogen) atoms. The molecule has 0 spiro atoms. The van der Waals surface area contributed by atoms with Gasteiger partial charge in [0.05, 0.1) is 11.3 Å². The van der Waals surface area contributed by atoms with Gasteiger partial charge in [-0.05, 0) is 35.7 Å². The molecule has 1 aromatic carbocycles. The molecule has 0 saturated heterocycles. The largest absolute Gasteiger partial charge is 0.338 e. The average molecular weight is 360 g/mol. The van der Waals surface area contributed by atoms with Crippen LogP contribution < -0.4 is 5.56 Å². The van der Waals surface area contributed by atoms with E-state index in [1.807, 2.05) is 5.38 Å². The van der Waals surface area contributed by atoms with Crippen LogP contribution in [0.25, 0.3) is 21.6 Å². The molecule has 1 N–H and O–H groups in total. The van der Waals surface area contributed by atoms with Gasteiger partial charge in [-0.15, -0.1) is 11.3 Å². The zero-order chi connectivity index (χ0) is 16.5. The predicted octanol–water partition coefficient (Wildman–Crippen LogP) is 3.47. The summed E-state index contributed by atoms with van der Waals surface area (Å²) in [5.74, 6) is 0.830. The normalized spacial score (nSPS) is 11.2. The van der Waals surface area contributed by atoms with Crippen LogP contribution in [0.4, 0.5) is 4.39 Å². The van der Waals surface area contributed by atoms with Gasteiger partial charge >= 0.3 is 0 Å². The van der Waals surface area contributed by atoms with E-state index in [1.54, 1.807) is 18.2 Å². The van der Waals surface area contributed by atoms with Gasteiger partial charge in [0.15, 0.2) is 5.16 Å². The van der Waals surface area contributed by atoms with Crippen LogP contribution in [-0.2, 0) is 5.75 Å². The monoisotopic (exact) mass is 360 g/mol. The van der Waals surface area contributed by atoms with Gasteiger partial charge in [0.1, 0.15) is 10.5 Å². The minimum atomic E-state index is -0.322. The van der Waals surface area contributed by atoms with Crippen LogP contribution in [0, 0.1) is 5.82 Å². The minimum Gasteiger partial charge on any atom is -0.338 e. The van der Waals surface area contributed by atoms with Gasteiger partial charge in [-0.25, -0.2) is 9.37 Å². The van der Waals surface area contributed by atoms with Gasteiger partial charge in [-0.3, -0.25) is 4.79 Å². The minimum absolute atomic E-state index is 0.157. The molecular weight excluding hydrogens is 351 g/mol. The Balaban J connectivity index is 1.51. The maximum absolute atomic E-state index is 12.9. The van der Waals surface area contributed by atoms with Crippen molar-refractivity contribution in [1.29, 1.82) is 0 Å². The van der Waals surface area contributed by atoms with E-state index in [0.717, 1.165) is 0 Å². The Morgan fingerprint density at radius 3 is 2.88 bits per heavy atom. The summed E-state index contributed by atoms with van der Waals surface area (Å²) in [5, 5.41) is 6.20. The Kier molecular flexibility index (Phi) is 3.87. The molecule has 0 aliphatic heterocycles. The zero-order valence-corrected chi connectivity index (χ0v) is 13.7. The third-order valence-corrected chi connectivity index (χ3v) is 4.96. The quantitative estimate of drug-likeness (QED) is 0.443. The molecule has 0 radical (unpaired) electrons. The molecule has 4 aromatic rings. The van der Waals surface area contributed by atoms with E-state index in [4.69, 9.17) is 4.52 Å². The van der Waals surface area contributed by atoms with Crippen LogP contribution >= 0.6 is 23.1 Å². The van der Waals surface area contributed by atoms with Crippen molar-refractivity contribution in [2.75, 3.05) is 0 Å². The Labute approximate surface area is 142 Å². The number of benzene rings is 1. The fraction of sp³-hybridized carbons (Fsp3) is 0.0667. The number of halogens is 1. The Morgan fingerprint density at radius 1 is 1.21 bits per heavy atom. The molecule has 0 amide bonds. The molecular formula is C15H9FN4O2S2. The highest BCUT2D eigenvalue weighted by molar-refractivity contribution is 7.98. The first-order valence-electron chi connectivity index (χ1n) is 6.88. The lowest BCUT2D eigenvalue weighted by atomic mass is 10.2. The summed E-state index contributed by atoms with van der Waals surface area (Å²) in [6.07, 6.45) is 0. The highest BCUT2D eigenvalue weighted by Gasteiger charge is 2.11. The number of H-pyrrole nitrogens is 1. The summed E-state index contributed by atoms with van der Waals surface area (Å²) in [6.45, 7) is 0. The topological polar surface area (TPSA) is 84.7 Å². The Morgan fingerprint density at radius 2 is 2.04 bits per heavy atom. The molecule has 3 aromatic heterocycles. The van der Waals surface area contributed by atoms with Gasteiger partial charge in [0.2, 0.25) is 11.7 Å². The molecule has 0 aliphatic rings. The number of hydrogen-bond donors (Lipinski definition) is 1. The van der Waals surface area contributed by atoms with E-state index in [-0.39, 0.29) is 11.4 Å². The molecule has 120 valence electrons. The van der Waals surface area contributed by atoms with Crippen molar-refractivity contribution in [1.82, 2.24) is 20.1 Å². The van der Waals surface area contributed by atoms with Crippen molar-refractivity contribution >= 4 is 33.3 Å². The first kappa shape index (κ1) is 15.0. The predicted molar refractivity (Wildman–Crippen MR) is 89.5 cm³/mol. The highest BCUT2D eigenvalue weighted by Crippen LogP contribution is 2.23. The standard InChI is InChI=1S/C15H9FN4O2S2/c16-9-3-1-8(2-4-9)13-18-11(22-20-13)7-24-15-17-10-5-6-23-12(10)14(21)19-15/h1-6H,7H2,(H,17,19,21). The van der Waals surface area contributed by atoms with Crippen molar-refractivity contribution in [3.05, 3.63) is 57.8 Å². The van der Waals surface area contributed by atoms with Gasteiger partial charge in [0.25, 0.3) is 5.56 Å². The van der Waals surface area contributed by atoms with Crippen LogP contribution in [0.2, 0.25) is 0 Å². The molecule has 0 saturated carbocycles. The number of thioether (sulfide) groups is 1. The fourth-order valence-corrected chi connectivity index (χ4v) is 3.51. The van der Waals surface area contributed by atoms with Gasteiger partial charge in [-0.2, -0.15) is 4.98 Å². The van der Waals surface area contributed by atoms with E-state index in [2.05, 4.69) is 20.1 Å². The average Bonchev–Trinajstić information content (AvgIpc) is 3.23. The molecule has 0 bridgehead atoms. The number of rotatable bonds is 4. The second-order valence-corrected chi connectivity index (χ2v) is 6.69. The first-order chi connectivity index (χ1) is 11.7. The molecule has 0 atom stereocenters. The molecule has 4 rings (SSSR count). The second kappa shape index (κ2) is 6.17. The van der Waals surface area contributed by atoms with Gasteiger partial charge in [0, 0.05) is 5.56 Å². The smallest absolute Gasteiger partial charge is 0.269 e. The maximum Gasteiger partial charge on any atom is 0.269 e. The number of hydrogen-bond acceptors (Lipinski definition) is 7. The summed E-state index contributed by atoms with van der Waals surface area (Å²) in [5.41, 5.74) is 1.18. The highest BCUT2D eigenvalue weighted by atomic mass is 32.2. The van der Waals surface area contributed by atoms with Gasteiger partial charge < -0.3 is 9.51 Å². The van der Waals surface area contributed by atoms with Gasteiger partial charge in [-0.1, -0.05) is 16.9 Å². The molecule has 0 fully saturated rings. The first-order valence-corrected chi connectivity index (χ1v) is 8.74. The number of aromatic nitrogens is 4. The van der Waals surface area contributed by atoms with Crippen molar-refractivity contribution in [3.63, 3.8) is 0 Å². The van der Waals surface area contributed by atoms with Crippen LogP contribution in [-0.4, -0.2) is 20.1 Å². The van der Waals surface area contributed by atoms with Crippen LogP contribution in [0.5, 0.6) is 0 Å². The third-order valence-electron chi connectivity index (χ3n) is 3.20. The van der Waals surface area contributed by atoms with Crippen LogP contribution in [0.1, 0.15) is 5.89 Å². The molecule has 6 nitrogen and oxygen atoms in total. The van der Waals surface area contributed by atoms with Crippen molar-refractivity contribution in [2.24, 2.45) is 0 Å². The van der Waals surface area contributed by atoms with Crippen molar-refractivity contribution < 1.29 is 8.91 Å².